The van der Waals surface area contributed by atoms with Crippen molar-refractivity contribution in [3.05, 3.63) is 21.9 Å². The Morgan fingerprint density at radius 3 is 2.79 bits per heavy atom. The van der Waals surface area contributed by atoms with Gasteiger partial charge in [-0.2, -0.15) is 0 Å². The van der Waals surface area contributed by atoms with E-state index in [0.717, 1.165) is 38.5 Å². The molecule has 0 saturated carbocycles. The van der Waals surface area contributed by atoms with Gasteiger partial charge in [-0.15, -0.1) is 11.3 Å². The highest BCUT2D eigenvalue weighted by Gasteiger charge is 2.01. The van der Waals surface area contributed by atoms with Gasteiger partial charge in [0, 0.05) is 32.2 Å². The lowest BCUT2D eigenvalue weighted by atomic mass is 10.2. The van der Waals surface area contributed by atoms with Gasteiger partial charge in [0.15, 0.2) is 5.96 Å². The van der Waals surface area contributed by atoms with Crippen LogP contribution in [0.1, 0.15) is 29.7 Å². The Morgan fingerprint density at radius 1 is 1.32 bits per heavy atom. The first-order valence-corrected chi connectivity index (χ1v) is 7.62. The SMILES string of the molecule is CN=C(NCCCCCOC)NCc1sccc1C. The molecule has 0 aliphatic rings. The highest BCUT2D eigenvalue weighted by atomic mass is 32.1. The fraction of sp³-hybridized carbons (Fsp3) is 0.643. The summed E-state index contributed by atoms with van der Waals surface area (Å²) in [4.78, 5) is 5.59. The molecule has 0 spiro atoms. The molecule has 0 amide bonds. The second-order valence-electron chi connectivity index (χ2n) is 4.43. The van der Waals surface area contributed by atoms with Crippen LogP contribution in [0, 0.1) is 6.92 Å². The van der Waals surface area contributed by atoms with Gasteiger partial charge in [0.25, 0.3) is 0 Å². The first-order valence-electron chi connectivity index (χ1n) is 6.74. The molecule has 0 radical (unpaired) electrons. The molecule has 4 nitrogen and oxygen atoms in total. The molecule has 0 aliphatic carbocycles. The van der Waals surface area contributed by atoms with E-state index in [0.29, 0.717) is 0 Å². The monoisotopic (exact) mass is 283 g/mol. The molecule has 19 heavy (non-hydrogen) atoms. The molecule has 0 fully saturated rings. The fourth-order valence-corrected chi connectivity index (χ4v) is 2.57. The molecule has 0 aromatic carbocycles. The summed E-state index contributed by atoms with van der Waals surface area (Å²) in [7, 11) is 3.55. The summed E-state index contributed by atoms with van der Waals surface area (Å²) in [5, 5.41) is 8.79. The van der Waals surface area contributed by atoms with Crippen molar-refractivity contribution in [3.8, 4) is 0 Å². The van der Waals surface area contributed by atoms with Gasteiger partial charge in [0.2, 0.25) is 0 Å². The zero-order chi connectivity index (χ0) is 13.9. The maximum absolute atomic E-state index is 5.03. The van der Waals surface area contributed by atoms with E-state index in [1.54, 1.807) is 18.4 Å². The number of aliphatic imine (C=N–C) groups is 1. The molecule has 1 aromatic heterocycles. The van der Waals surface area contributed by atoms with Crippen LogP contribution in [0.4, 0.5) is 0 Å². The molecule has 0 unspecified atom stereocenters. The van der Waals surface area contributed by atoms with Crippen molar-refractivity contribution in [2.45, 2.75) is 32.7 Å². The number of guanidine groups is 1. The van der Waals surface area contributed by atoms with Gasteiger partial charge in [-0.3, -0.25) is 4.99 Å². The Morgan fingerprint density at radius 2 is 2.16 bits per heavy atom. The van der Waals surface area contributed by atoms with Crippen LogP contribution in [0.2, 0.25) is 0 Å². The Kier molecular flexibility index (Phi) is 8.25. The standard InChI is InChI=1S/C14H25N3OS/c1-12-7-10-19-13(12)11-17-14(15-2)16-8-5-4-6-9-18-3/h7,10H,4-6,8-9,11H2,1-3H3,(H2,15,16,17). The summed E-state index contributed by atoms with van der Waals surface area (Å²) in [6.07, 6.45) is 3.45. The minimum atomic E-state index is 0.840. The summed E-state index contributed by atoms with van der Waals surface area (Å²) >= 11 is 1.78. The molecule has 1 rings (SSSR count). The van der Waals surface area contributed by atoms with Crippen LogP contribution in [-0.2, 0) is 11.3 Å². The number of unbranched alkanes of at least 4 members (excludes halogenated alkanes) is 2. The van der Waals surface area contributed by atoms with E-state index in [-0.39, 0.29) is 0 Å². The van der Waals surface area contributed by atoms with E-state index >= 15 is 0 Å². The third-order valence-electron chi connectivity index (χ3n) is 2.93. The van der Waals surface area contributed by atoms with Crippen LogP contribution in [0.15, 0.2) is 16.4 Å². The average molecular weight is 283 g/mol. The summed E-state index contributed by atoms with van der Waals surface area (Å²) in [6, 6.07) is 2.15. The normalized spacial score (nSPS) is 11.6. The lowest BCUT2D eigenvalue weighted by Gasteiger charge is -2.11. The Hall–Kier alpha value is -1.07. The zero-order valence-corrected chi connectivity index (χ0v) is 13.0. The lowest BCUT2D eigenvalue weighted by molar-refractivity contribution is 0.192. The second kappa shape index (κ2) is 9.81. The summed E-state index contributed by atoms with van der Waals surface area (Å²) in [5.74, 6) is 0.875. The number of rotatable bonds is 8. The van der Waals surface area contributed by atoms with Gasteiger partial charge in [0.05, 0.1) is 6.54 Å². The topological polar surface area (TPSA) is 45.7 Å². The summed E-state index contributed by atoms with van der Waals surface area (Å²) in [6.45, 7) is 4.78. The molecular weight excluding hydrogens is 258 g/mol. The first-order chi connectivity index (χ1) is 9.27. The third kappa shape index (κ3) is 6.59. The van der Waals surface area contributed by atoms with Crippen molar-refractivity contribution in [1.29, 1.82) is 0 Å². The van der Waals surface area contributed by atoms with Crippen LogP contribution in [0.3, 0.4) is 0 Å². The average Bonchev–Trinajstić information content (AvgIpc) is 2.83. The van der Waals surface area contributed by atoms with Crippen molar-refractivity contribution in [1.82, 2.24) is 10.6 Å². The van der Waals surface area contributed by atoms with Crippen molar-refractivity contribution in [2.24, 2.45) is 4.99 Å². The van der Waals surface area contributed by atoms with E-state index in [1.807, 2.05) is 7.05 Å². The van der Waals surface area contributed by atoms with Gasteiger partial charge in [-0.1, -0.05) is 0 Å². The Balaban J connectivity index is 2.15. The Bertz CT molecular complexity index is 377. The number of nitrogens with zero attached hydrogens (tertiary/aromatic N) is 1. The maximum atomic E-state index is 5.03. The summed E-state index contributed by atoms with van der Waals surface area (Å²) in [5.41, 5.74) is 1.34. The van der Waals surface area contributed by atoms with Crippen LogP contribution >= 0.6 is 11.3 Å². The second-order valence-corrected chi connectivity index (χ2v) is 5.43. The summed E-state index contributed by atoms with van der Waals surface area (Å²) < 4.78 is 5.03. The number of ether oxygens (including phenoxy) is 1. The highest BCUT2D eigenvalue weighted by Crippen LogP contribution is 2.14. The minimum absolute atomic E-state index is 0.840. The lowest BCUT2D eigenvalue weighted by Crippen LogP contribution is -2.37. The predicted octanol–water partition coefficient (Wildman–Crippen LogP) is 2.54. The number of hydrogen-bond acceptors (Lipinski definition) is 3. The van der Waals surface area contributed by atoms with Crippen molar-refractivity contribution >= 4 is 17.3 Å². The van der Waals surface area contributed by atoms with Gasteiger partial charge in [-0.05, 0) is 43.2 Å². The van der Waals surface area contributed by atoms with Crippen molar-refractivity contribution in [2.75, 3.05) is 27.3 Å². The van der Waals surface area contributed by atoms with Crippen LogP contribution in [0.5, 0.6) is 0 Å². The molecule has 0 bridgehead atoms. The first kappa shape index (κ1) is 16.0. The fourth-order valence-electron chi connectivity index (χ4n) is 1.72. The smallest absolute Gasteiger partial charge is 0.191 e. The number of methoxy groups -OCH3 is 1. The van der Waals surface area contributed by atoms with Gasteiger partial charge in [0.1, 0.15) is 0 Å². The molecule has 2 N–H and O–H groups in total. The highest BCUT2D eigenvalue weighted by molar-refractivity contribution is 7.10. The molecule has 0 atom stereocenters. The Labute approximate surface area is 120 Å². The number of hydrogen-bond donors (Lipinski definition) is 2. The van der Waals surface area contributed by atoms with Crippen molar-refractivity contribution < 1.29 is 4.74 Å². The predicted molar refractivity (Wildman–Crippen MR) is 83.0 cm³/mol. The van der Waals surface area contributed by atoms with E-state index in [4.69, 9.17) is 4.74 Å². The third-order valence-corrected chi connectivity index (χ3v) is 3.95. The van der Waals surface area contributed by atoms with Crippen LogP contribution in [0.25, 0.3) is 0 Å². The molecule has 108 valence electrons. The van der Waals surface area contributed by atoms with Gasteiger partial charge >= 0.3 is 0 Å². The van der Waals surface area contributed by atoms with E-state index in [9.17, 15) is 0 Å². The van der Waals surface area contributed by atoms with Gasteiger partial charge in [-0.25, -0.2) is 0 Å². The zero-order valence-electron chi connectivity index (χ0n) is 12.2. The van der Waals surface area contributed by atoms with Crippen LogP contribution in [-0.4, -0.2) is 33.3 Å². The molecule has 5 heteroatoms. The molecule has 0 aliphatic heterocycles. The molecule has 1 aromatic rings. The molecular formula is C14H25N3OS. The van der Waals surface area contributed by atoms with E-state index < -0.39 is 0 Å². The van der Waals surface area contributed by atoms with Crippen molar-refractivity contribution in [3.63, 3.8) is 0 Å². The van der Waals surface area contributed by atoms with E-state index in [2.05, 4.69) is 34.0 Å². The minimum Gasteiger partial charge on any atom is -0.385 e. The number of nitrogens with one attached hydrogen (secondary N) is 2. The quantitative estimate of drug-likeness (QED) is 0.438. The maximum Gasteiger partial charge on any atom is 0.191 e. The largest absolute Gasteiger partial charge is 0.385 e. The number of aryl methyl sites for hydroxylation is 1. The van der Waals surface area contributed by atoms with Crippen LogP contribution < -0.4 is 10.6 Å². The molecule has 1 heterocycles. The van der Waals surface area contributed by atoms with Gasteiger partial charge < -0.3 is 15.4 Å². The molecule has 0 saturated heterocycles. The van der Waals surface area contributed by atoms with E-state index in [1.165, 1.54) is 16.9 Å². The number of thiophene rings is 1.